The predicted octanol–water partition coefficient (Wildman–Crippen LogP) is 2.85. The van der Waals surface area contributed by atoms with Crippen LogP contribution in [-0.2, 0) is 19.0 Å². The zero-order valence-corrected chi connectivity index (χ0v) is 15.0. The van der Waals surface area contributed by atoms with Crippen molar-refractivity contribution in [1.82, 2.24) is 4.90 Å². The van der Waals surface area contributed by atoms with Gasteiger partial charge in [0.25, 0.3) is 10.1 Å². The Morgan fingerprint density at radius 2 is 2.00 bits per heavy atom. The van der Waals surface area contributed by atoms with Crippen LogP contribution in [0.3, 0.4) is 0 Å². The van der Waals surface area contributed by atoms with Crippen LogP contribution in [-0.4, -0.2) is 43.9 Å². The van der Waals surface area contributed by atoms with Gasteiger partial charge in [-0.15, -0.1) is 0 Å². The van der Waals surface area contributed by atoms with Crippen molar-refractivity contribution in [2.75, 3.05) is 12.8 Å². The summed E-state index contributed by atoms with van der Waals surface area (Å²) in [4.78, 5) is 13.8. The fourth-order valence-electron chi connectivity index (χ4n) is 2.67. The number of ether oxygens (including phenoxy) is 1. The van der Waals surface area contributed by atoms with Crippen LogP contribution in [0.15, 0.2) is 24.3 Å². The molecule has 1 unspecified atom stereocenters. The molecule has 1 aromatic carbocycles. The fraction of sp³-hybridized carbons (Fsp3) is 0.562. The van der Waals surface area contributed by atoms with Crippen LogP contribution in [0.5, 0.6) is 0 Å². The standard InChI is InChI=1S/C16H22FNO5S/c1-16(2,3)22-15(19)18-10-13(23-24(4,20)21)9-14(18)11-6-5-7-12(17)8-11/h5-8,13-14H,9-10H2,1-4H3/t13-,14?/m1/s1. The first-order chi connectivity index (χ1) is 10.9. The topological polar surface area (TPSA) is 72.9 Å². The summed E-state index contributed by atoms with van der Waals surface area (Å²) in [7, 11) is -3.66. The third-order valence-electron chi connectivity index (χ3n) is 3.44. The second kappa shape index (κ2) is 6.68. The van der Waals surface area contributed by atoms with Gasteiger partial charge in [-0.1, -0.05) is 12.1 Å². The van der Waals surface area contributed by atoms with Crippen LogP contribution in [0, 0.1) is 5.82 Å². The van der Waals surface area contributed by atoms with Crippen molar-refractivity contribution in [3.05, 3.63) is 35.6 Å². The van der Waals surface area contributed by atoms with Crippen LogP contribution < -0.4 is 0 Å². The first-order valence-electron chi connectivity index (χ1n) is 7.58. The van der Waals surface area contributed by atoms with Gasteiger partial charge in [-0.25, -0.2) is 9.18 Å². The van der Waals surface area contributed by atoms with E-state index in [1.165, 1.54) is 17.0 Å². The molecule has 2 atom stereocenters. The maximum absolute atomic E-state index is 13.5. The summed E-state index contributed by atoms with van der Waals surface area (Å²) in [5.74, 6) is -0.427. The van der Waals surface area contributed by atoms with E-state index in [0.29, 0.717) is 5.56 Å². The minimum atomic E-state index is -3.66. The number of halogens is 1. The second-order valence-electron chi connectivity index (χ2n) is 6.86. The normalized spacial score (nSPS) is 21.8. The number of benzene rings is 1. The van der Waals surface area contributed by atoms with Crippen molar-refractivity contribution in [2.24, 2.45) is 0 Å². The fourth-order valence-corrected chi connectivity index (χ4v) is 3.30. The molecule has 1 fully saturated rings. The number of carbonyl (C=O) groups is 1. The maximum atomic E-state index is 13.5. The summed E-state index contributed by atoms with van der Waals surface area (Å²) in [6.07, 6.45) is -0.0760. The Morgan fingerprint density at radius 3 is 2.54 bits per heavy atom. The van der Waals surface area contributed by atoms with E-state index in [-0.39, 0.29) is 13.0 Å². The van der Waals surface area contributed by atoms with Crippen LogP contribution >= 0.6 is 0 Å². The maximum Gasteiger partial charge on any atom is 0.410 e. The highest BCUT2D eigenvalue weighted by molar-refractivity contribution is 7.86. The summed E-state index contributed by atoms with van der Waals surface area (Å²) in [5.41, 5.74) is -0.125. The van der Waals surface area contributed by atoms with E-state index in [0.717, 1.165) is 6.26 Å². The van der Waals surface area contributed by atoms with Crippen LogP contribution in [0.2, 0.25) is 0 Å². The van der Waals surface area contributed by atoms with Crippen molar-refractivity contribution < 1.29 is 26.5 Å². The van der Waals surface area contributed by atoms with E-state index in [1.54, 1.807) is 32.9 Å². The lowest BCUT2D eigenvalue weighted by Crippen LogP contribution is -2.37. The average molecular weight is 359 g/mol. The van der Waals surface area contributed by atoms with Crippen LogP contribution in [0.25, 0.3) is 0 Å². The van der Waals surface area contributed by atoms with Gasteiger partial charge in [0.05, 0.1) is 24.9 Å². The van der Waals surface area contributed by atoms with Crippen LogP contribution in [0.1, 0.15) is 38.8 Å². The highest BCUT2D eigenvalue weighted by Gasteiger charge is 2.40. The lowest BCUT2D eigenvalue weighted by atomic mass is 10.0. The molecule has 1 saturated heterocycles. The number of amides is 1. The Labute approximate surface area is 141 Å². The minimum absolute atomic E-state index is 0.0587. The van der Waals surface area contributed by atoms with E-state index >= 15 is 0 Å². The third kappa shape index (κ3) is 5.17. The Bertz CT molecular complexity index is 713. The number of hydrogen-bond acceptors (Lipinski definition) is 5. The smallest absolute Gasteiger partial charge is 0.410 e. The van der Waals surface area contributed by atoms with Gasteiger partial charge < -0.3 is 4.74 Å². The SMILES string of the molecule is CC(C)(C)OC(=O)N1C[C@H](OS(C)(=O)=O)CC1c1cccc(F)c1. The van der Waals surface area contributed by atoms with Crippen molar-refractivity contribution in [1.29, 1.82) is 0 Å². The summed E-state index contributed by atoms with van der Waals surface area (Å²) in [6.45, 7) is 5.27. The number of likely N-dealkylation sites (tertiary alicyclic amines) is 1. The summed E-state index contributed by atoms with van der Waals surface area (Å²) >= 11 is 0. The van der Waals surface area contributed by atoms with Crippen molar-refractivity contribution >= 4 is 16.2 Å². The van der Waals surface area contributed by atoms with Crippen LogP contribution in [0.4, 0.5) is 9.18 Å². The largest absolute Gasteiger partial charge is 0.444 e. The number of rotatable bonds is 3. The molecule has 134 valence electrons. The minimum Gasteiger partial charge on any atom is -0.444 e. The highest BCUT2D eigenvalue weighted by Crippen LogP contribution is 2.35. The van der Waals surface area contributed by atoms with E-state index in [9.17, 15) is 17.6 Å². The van der Waals surface area contributed by atoms with Gasteiger partial charge >= 0.3 is 6.09 Å². The van der Waals surface area contributed by atoms with Gasteiger partial charge in [0.1, 0.15) is 11.4 Å². The van der Waals surface area contributed by atoms with Gasteiger partial charge in [-0.05, 0) is 38.5 Å². The molecular weight excluding hydrogens is 337 g/mol. The molecule has 1 amide bonds. The Hall–Kier alpha value is -1.67. The lowest BCUT2D eigenvalue weighted by molar-refractivity contribution is 0.0210. The first-order valence-corrected chi connectivity index (χ1v) is 9.39. The molecule has 0 N–H and O–H groups in total. The van der Waals surface area contributed by atoms with Gasteiger partial charge in [-0.2, -0.15) is 8.42 Å². The quantitative estimate of drug-likeness (QED) is 0.776. The Morgan fingerprint density at radius 1 is 1.33 bits per heavy atom. The van der Waals surface area contributed by atoms with Gasteiger partial charge in [-0.3, -0.25) is 9.08 Å². The van der Waals surface area contributed by atoms with E-state index < -0.39 is 39.8 Å². The lowest BCUT2D eigenvalue weighted by Gasteiger charge is -2.28. The van der Waals surface area contributed by atoms with Crippen molar-refractivity contribution in [2.45, 2.75) is 44.9 Å². The monoisotopic (exact) mass is 359 g/mol. The molecule has 1 aliphatic heterocycles. The summed E-state index contributed by atoms with van der Waals surface area (Å²) in [5, 5.41) is 0. The molecule has 1 aromatic rings. The Kier molecular flexibility index (Phi) is 5.19. The van der Waals surface area contributed by atoms with Gasteiger partial charge in [0, 0.05) is 6.42 Å². The summed E-state index contributed by atoms with van der Waals surface area (Å²) in [6, 6.07) is 5.35. The molecule has 6 nitrogen and oxygen atoms in total. The average Bonchev–Trinajstić information content (AvgIpc) is 2.78. The van der Waals surface area contributed by atoms with Gasteiger partial charge in [0.15, 0.2) is 0 Å². The highest BCUT2D eigenvalue weighted by atomic mass is 32.2. The molecule has 2 rings (SSSR count). The van der Waals surface area contributed by atoms with E-state index in [2.05, 4.69) is 0 Å². The second-order valence-corrected chi connectivity index (χ2v) is 8.46. The Balaban J connectivity index is 2.27. The van der Waals surface area contributed by atoms with Crippen molar-refractivity contribution in [3.8, 4) is 0 Å². The third-order valence-corrected chi connectivity index (χ3v) is 4.06. The molecule has 0 bridgehead atoms. The molecule has 0 aromatic heterocycles. The molecule has 24 heavy (non-hydrogen) atoms. The molecule has 0 saturated carbocycles. The molecule has 1 heterocycles. The molecule has 1 aliphatic rings. The molecule has 0 spiro atoms. The van der Waals surface area contributed by atoms with Gasteiger partial charge in [0.2, 0.25) is 0 Å². The zero-order valence-electron chi connectivity index (χ0n) is 14.2. The molecule has 8 heteroatoms. The van der Waals surface area contributed by atoms with E-state index in [4.69, 9.17) is 8.92 Å². The molecular formula is C16H22FNO5S. The summed E-state index contributed by atoms with van der Waals surface area (Å²) < 4.78 is 46.7. The number of carbonyl (C=O) groups excluding carboxylic acids is 1. The predicted molar refractivity (Wildman–Crippen MR) is 86.4 cm³/mol. The number of nitrogens with zero attached hydrogens (tertiary/aromatic N) is 1. The molecule has 0 aliphatic carbocycles. The first kappa shape index (κ1) is 18.7. The molecule has 0 radical (unpaired) electrons. The van der Waals surface area contributed by atoms with E-state index in [1.807, 2.05) is 0 Å². The number of hydrogen-bond donors (Lipinski definition) is 0. The zero-order chi connectivity index (χ0) is 18.1. The van der Waals surface area contributed by atoms with Crippen molar-refractivity contribution in [3.63, 3.8) is 0 Å².